The average Bonchev–Trinajstić information content (AvgIpc) is 2.19. The molecule has 2 heteroatoms. The molecule has 0 heterocycles. The predicted molar refractivity (Wildman–Crippen MR) is 73.9 cm³/mol. The highest BCUT2D eigenvalue weighted by Crippen LogP contribution is 2.16. The Kier molecular flexibility index (Phi) is 12.4. The molecule has 0 spiro atoms. The van der Waals surface area contributed by atoms with Gasteiger partial charge in [-0.25, -0.2) is 0 Å². The summed E-state index contributed by atoms with van der Waals surface area (Å²) in [5.41, 5.74) is 0. The normalized spacial score (nSPS) is 13.1. The number of unbranched alkanes of at least 4 members (excludes halogenated alkanes) is 5. The third-order valence-electron chi connectivity index (χ3n) is 2.59. The molecule has 0 amide bonds. The maximum absolute atomic E-state index is 4.62. The SMILES string of the molecule is CCCCCCC(S)CCCCCS. The predicted octanol–water partition coefficient (Wildman–Crippen LogP) is 4.75. The average molecular weight is 234 g/mol. The molecule has 1 atom stereocenters. The lowest BCUT2D eigenvalue weighted by atomic mass is 10.1. The number of hydrogen-bond acceptors (Lipinski definition) is 2. The molecule has 0 N–H and O–H groups in total. The van der Waals surface area contributed by atoms with E-state index >= 15 is 0 Å². The van der Waals surface area contributed by atoms with Gasteiger partial charge in [0.2, 0.25) is 0 Å². The minimum Gasteiger partial charge on any atom is -0.179 e. The second-order valence-electron chi connectivity index (χ2n) is 4.08. The summed E-state index contributed by atoms with van der Waals surface area (Å²) in [5.74, 6) is 1.04. The van der Waals surface area contributed by atoms with Gasteiger partial charge < -0.3 is 0 Å². The molecule has 0 aromatic carbocycles. The summed E-state index contributed by atoms with van der Waals surface area (Å²) in [5, 5.41) is 0.645. The minimum absolute atomic E-state index is 0.645. The second-order valence-corrected chi connectivity index (χ2v) is 5.25. The van der Waals surface area contributed by atoms with Crippen molar-refractivity contribution >= 4 is 25.3 Å². The van der Waals surface area contributed by atoms with Crippen LogP contribution in [0.4, 0.5) is 0 Å². The van der Waals surface area contributed by atoms with E-state index in [2.05, 4.69) is 32.2 Å². The van der Waals surface area contributed by atoms with E-state index in [0.717, 1.165) is 5.75 Å². The van der Waals surface area contributed by atoms with Gasteiger partial charge in [0, 0.05) is 5.25 Å². The van der Waals surface area contributed by atoms with E-state index in [-0.39, 0.29) is 0 Å². The van der Waals surface area contributed by atoms with Crippen LogP contribution in [0.25, 0.3) is 0 Å². The first-order valence-corrected chi connectivity index (χ1v) is 7.25. The summed E-state index contributed by atoms with van der Waals surface area (Å²) in [7, 11) is 0. The molecule has 0 nitrogen and oxygen atoms in total. The van der Waals surface area contributed by atoms with E-state index in [0.29, 0.717) is 5.25 Å². The van der Waals surface area contributed by atoms with Gasteiger partial charge in [0.15, 0.2) is 0 Å². The summed E-state index contributed by atoms with van der Waals surface area (Å²) in [4.78, 5) is 0. The highest BCUT2D eigenvalue weighted by atomic mass is 32.1. The maximum atomic E-state index is 4.62. The molecular formula is C12H26S2. The molecule has 0 aliphatic rings. The molecule has 0 aliphatic carbocycles. The fraction of sp³-hybridized carbons (Fsp3) is 1.00. The lowest BCUT2D eigenvalue weighted by Crippen LogP contribution is -1.98. The quantitative estimate of drug-likeness (QED) is 0.396. The molecule has 0 radical (unpaired) electrons. The maximum Gasteiger partial charge on any atom is 0.00168 e. The van der Waals surface area contributed by atoms with Crippen molar-refractivity contribution in [3.05, 3.63) is 0 Å². The number of thiol groups is 2. The summed E-state index contributed by atoms with van der Waals surface area (Å²) in [6.45, 7) is 2.26. The topological polar surface area (TPSA) is 0 Å². The largest absolute Gasteiger partial charge is 0.179 e. The molecule has 14 heavy (non-hydrogen) atoms. The van der Waals surface area contributed by atoms with Crippen LogP contribution >= 0.6 is 25.3 Å². The summed E-state index contributed by atoms with van der Waals surface area (Å²) in [6, 6.07) is 0. The van der Waals surface area contributed by atoms with Gasteiger partial charge in [0.25, 0.3) is 0 Å². The van der Waals surface area contributed by atoms with E-state index in [4.69, 9.17) is 0 Å². The lowest BCUT2D eigenvalue weighted by molar-refractivity contribution is 0.575. The van der Waals surface area contributed by atoms with Crippen molar-refractivity contribution in [2.45, 2.75) is 70.0 Å². The Morgan fingerprint density at radius 3 is 1.93 bits per heavy atom. The van der Waals surface area contributed by atoms with Crippen LogP contribution in [0.1, 0.15) is 64.7 Å². The first-order valence-electron chi connectivity index (χ1n) is 6.10. The van der Waals surface area contributed by atoms with Crippen molar-refractivity contribution in [1.29, 1.82) is 0 Å². The van der Waals surface area contributed by atoms with Crippen LogP contribution in [0, 0.1) is 0 Å². The number of rotatable bonds is 10. The van der Waals surface area contributed by atoms with E-state index < -0.39 is 0 Å². The van der Waals surface area contributed by atoms with Crippen LogP contribution in [-0.4, -0.2) is 11.0 Å². The van der Waals surface area contributed by atoms with Gasteiger partial charge in [0.05, 0.1) is 0 Å². The summed E-state index contributed by atoms with van der Waals surface area (Å²) >= 11 is 8.82. The van der Waals surface area contributed by atoms with E-state index in [1.807, 2.05) is 0 Å². The Hall–Kier alpha value is 0.700. The monoisotopic (exact) mass is 234 g/mol. The van der Waals surface area contributed by atoms with Crippen molar-refractivity contribution < 1.29 is 0 Å². The van der Waals surface area contributed by atoms with Crippen molar-refractivity contribution in [3.8, 4) is 0 Å². The zero-order chi connectivity index (χ0) is 10.6. The van der Waals surface area contributed by atoms with Gasteiger partial charge >= 0.3 is 0 Å². The van der Waals surface area contributed by atoms with Gasteiger partial charge in [-0.3, -0.25) is 0 Å². The summed E-state index contributed by atoms with van der Waals surface area (Å²) in [6.07, 6.45) is 12.0. The fourth-order valence-corrected chi connectivity index (χ4v) is 2.21. The van der Waals surface area contributed by atoms with Crippen LogP contribution < -0.4 is 0 Å². The van der Waals surface area contributed by atoms with Crippen LogP contribution in [0.2, 0.25) is 0 Å². The van der Waals surface area contributed by atoms with Crippen LogP contribution in [0.15, 0.2) is 0 Å². The van der Waals surface area contributed by atoms with Gasteiger partial charge in [-0.2, -0.15) is 25.3 Å². The smallest absolute Gasteiger partial charge is 0.00168 e. The van der Waals surface area contributed by atoms with E-state index in [1.165, 1.54) is 57.8 Å². The molecule has 0 aromatic rings. The number of hydrogen-bond donors (Lipinski definition) is 2. The molecule has 0 saturated heterocycles. The molecular weight excluding hydrogens is 208 g/mol. The van der Waals surface area contributed by atoms with Gasteiger partial charge in [-0.05, 0) is 25.0 Å². The van der Waals surface area contributed by atoms with Crippen LogP contribution in [-0.2, 0) is 0 Å². The van der Waals surface area contributed by atoms with Crippen molar-refractivity contribution in [2.24, 2.45) is 0 Å². The first kappa shape index (κ1) is 14.7. The molecule has 0 bridgehead atoms. The van der Waals surface area contributed by atoms with Crippen molar-refractivity contribution in [1.82, 2.24) is 0 Å². The van der Waals surface area contributed by atoms with Gasteiger partial charge in [-0.15, -0.1) is 0 Å². The van der Waals surface area contributed by atoms with E-state index in [1.54, 1.807) is 0 Å². The van der Waals surface area contributed by atoms with Crippen molar-refractivity contribution in [2.75, 3.05) is 5.75 Å². The first-order chi connectivity index (χ1) is 6.81. The fourth-order valence-electron chi connectivity index (χ4n) is 1.62. The standard InChI is InChI=1S/C12H26S2/c1-2-3-4-6-9-12(14)10-7-5-8-11-13/h12-14H,2-11H2,1H3. The molecule has 0 fully saturated rings. The van der Waals surface area contributed by atoms with Crippen molar-refractivity contribution in [3.63, 3.8) is 0 Å². The minimum atomic E-state index is 0.645. The van der Waals surface area contributed by atoms with Gasteiger partial charge in [0.1, 0.15) is 0 Å². The highest BCUT2D eigenvalue weighted by molar-refractivity contribution is 7.81. The lowest BCUT2D eigenvalue weighted by Gasteiger charge is -2.09. The van der Waals surface area contributed by atoms with Gasteiger partial charge in [-0.1, -0.05) is 45.4 Å². The molecule has 0 aromatic heterocycles. The molecule has 86 valence electrons. The molecule has 1 unspecified atom stereocenters. The van der Waals surface area contributed by atoms with E-state index in [9.17, 15) is 0 Å². The zero-order valence-electron chi connectivity index (χ0n) is 9.54. The Morgan fingerprint density at radius 2 is 1.43 bits per heavy atom. The van der Waals surface area contributed by atoms with Crippen LogP contribution in [0.5, 0.6) is 0 Å². The Balaban J connectivity index is 3.07. The third kappa shape index (κ3) is 10.8. The second kappa shape index (κ2) is 11.8. The molecule has 0 rings (SSSR count). The Morgan fingerprint density at radius 1 is 0.857 bits per heavy atom. The van der Waals surface area contributed by atoms with Crippen LogP contribution in [0.3, 0.4) is 0 Å². The zero-order valence-corrected chi connectivity index (χ0v) is 11.3. The molecule has 0 saturated carbocycles. The Labute approximate surface area is 101 Å². The summed E-state index contributed by atoms with van der Waals surface area (Å²) < 4.78 is 0. The Bertz CT molecular complexity index is 92.5. The molecule has 0 aliphatic heterocycles. The highest BCUT2D eigenvalue weighted by Gasteiger charge is 2.01. The third-order valence-corrected chi connectivity index (χ3v) is 3.42.